The van der Waals surface area contributed by atoms with Gasteiger partial charge >= 0.3 is 0 Å². The Hall–Kier alpha value is -2.87. The van der Waals surface area contributed by atoms with Crippen molar-refractivity contribution in [2.45, 2.75) is 64.7 Å². The second-order valence-electron chi connectivity index (χ2n) is 10.2. The van der Waals surface area contributed by atoms with Crippen LogP contribution >= 0.6 is 0 Å². The summed E-state index contributed by atoms with van der Waals surface area (Å²) in [6, 6.07) is 24.7. The molecular weight excluding hydrogens is 431 g/mol. The van der Waals surface area contributed by atoms with Crippen molar-refractivity contribution >= 4 is 12.2 Å². The highest BCUT2D eigenvalue weighted by Crippen LogP contribution is 2.37. The average molecular weight is 471 g/mol. The molecule has 0 radical (unpaired) electrons. The van der Waals surface area contributed by atoms with Crippen molar-refractivity contribution in [2.24, 2.45) is 11.8 Å². The molecule has 0 bridgehead atoms. The molecule has 1 aliphatic carbocycles. The number of aryl methyl sites for hydroxylation is 1. The summed E-state index contributed by atoms with van der Waals surface area (Å²) in [6.07, 6.45) is 13.1. The molecule has 0 amide bonds. The van der Waals surface area contributed by atoms with E-state index >= 15 is 0 Å². The van der Waals surface area contributed by atoms with Gasteiger partial charge in [-0.3, -0.25) is 0 Å². The lowest BCUT2D eigenvalue weighted by Gasteiger charge is -2.30. The molecule has 3 aromatic rings. The minimum Gasteiger partial charge on any atom is -0.494 e. The summed E-state index contributed by atoms with van der Waals surface area (Å²) < 4.78 is 19.6. The van der Waals surface area contributed by atoms with Crippen LogP contribution in [0.15, 0.2) is 72.8 Å². The van der Waals surface area contributed by atoms with Crippen molar-refractivity contribution in [1.82, 2.24) is 0 Å². The van der Waals surface area contributed by atoms with Gasteiger partial charge in [0.05, 0.1) is 6.61 Å². The minimum absolute atomic E-state index is 0.256. The molecule has 0 N–H and O–H groups in total. The van der Waals surface area contributed by atoms with Crippen molar-refractivity contribution in [2.75, 3.05) is 6.61 Å². The summed E-state index contributed by atoms with van der Waals surface area (Å²) in [5.41, 5.74) is 4.55. The highest BCUT2D eigenvalue weighted by Gasteiger charge is 2.23. The van der Waals surface area contributed by atoms with E-state index < -0.39 is 0 Å². The summed E-state index contributed by atoms with van der Waals surface area (Å²) >= 11 is 0. The quantitative estimate of drug-likeness (QED) is 0.268. The molecule has 2 heteroatoms. The largest absolute Gasteiger partial charge is 0.494 e. The number of hydrogen-bond donors (Lipinski definition) is 0. The van der Waals surface area contributed by atoms with Gasteiger partial charge in [0.25, 0.3) is 0 Å². The Kier molecular flexibility index (Phi) is 9.17. The number of hydrogen-bond acceptors (Lipinski definition) is 1. The Morgan fingerprint density at radius 2 is 1.60 bits per heavy atom. The van der Waals surface area contributed by atoms with E-state index in [2.05, 4.69) is 61.5 Å². The summed E-state index contributed by atoms with van der Waals surface area (Å²) in [5, 5.41) is 0. The summed E-state index contributed by atoms with van der Waals surface area (Å²) in [6.45, 7) is 4.82. The third-order valence-electron chi connectivity index (χ3n) is 7.58. The second kappa shape index (κ2) is 12.7. The van der Waals surface area contributed by atoms with Crippen LogP contribution in [0.1, 0.15) is 80.5 Å². The molecule has 3 aromatic carbocycles. The Morgan fingerprint density at radius 1 is 0.886 bits per heavy atom. The number of halogens is 1. The van der Waals surface area contributed by atoms with E-state index in [4.69, 9.17) is 4.74 Å². The van der Waals surface area contributed by atoms with Crippen LogP contribution < -0.4 is 4.74 Å². The van der Waals surface area contributed by atoms with Crippen molar-refractivity contribution < 1.29 is 9.13 Å². The first kappa shape index (κ1) is 25.2. The van der Waals surface area contributed by atoms with Gasteiger partial charge in [-0.2, -0.15) is 0 Å². The molecule has 0 heterocycles. The molecular formula is C33H39FO. The molecule has 0 aliphatic heterocycles. The molecule has 1 saturated carbocycles. The maximum atomic E-state index is 14.3. The topological polar surface area (TPSA) is 9.23 Å². The highest BCUT2D eigenvalue weighted by atomic mass is 19.1. The van der Waals surface area contributed by atoms with Crippen LogP contribution in [-0.4, -0.2) is 6.61 Å². The number of benzene rings is 3. The summed E-state index contributed by atoms with van der Waals surface area (Å²) in [5.74, 6) is 2.72. The Balaban J connectivity index is 1.20. The van der Waals surface area contributed by atoms with Crippen LogP contribution in [0.3, 0.4) is 0 Å². The van der Waals surface area contributed by atoms with Crippen molar-refractivity contribution in [3.05, 3.63) is 101 Å². The van der Waals surface area contributed by atoms with Gasteiger partial charge in [0.1, 0.15) is 11.6 Å². The van der Waals surface area contributed by atoms with Gasteiger partial charge in [-0.15, -0.1) is 0 Å². The van der Waals surface area contributed by atoms with E-state index in [0.29, 0.717) is 23.8 Å². The van der Waals surface area contributed by atoms with Crippen LogP contribution in [0.4, 0.5) is 4.39 Å². The average Bonchev–Trinajstić information content (AvgIpc) is 2.89. The van der Waals surface area contributed by atoms with E-state index in [-0.39, 0.29) is 5.82 Å². The molecule has 184 valence electrons. The van der Waals surface area contributed by atoms with E-state index in [0.717, 1.165) is 23.8 Å². The first-order valence-corrected chi connectivity index (χ1v) is 13.3. The number of ether oxygens (including phenoxy) is 1. The van der Waals surface area contributed by atoms with E-state index in [1.807, 2.05) is 25.1 Å². The molecule has 1 fully saturated rings. The normalized spacial score (nSPS) is 19.1. The van der Waals surface area contributed by atoms with Crippen molar-refractivity contribution in [3.63, 3.8) is 0 Å². The smallest absolute Gasteiger partial charge is 0.134 e. The fourth-order valence-electron chi connectivity index (χ4n) is 5.43. The maximum absolute atomic E-state index is 14.3. The zero-order valence-electron chi connectivity index (χ0n) is 21.3. The molecule has 1 aliphatic rings. The van der Waals surface area contributed by atoms with Gasteiger partial charge in [-0.25, -0.2) is 4.39 Å². The van der Waals surface area contributed by atoms with E-state index in [1.54, 1.807) is 6.07 Å². The fraction of sp³-hybridized carbons (Fsp3) is 0.394. The highest BCUT2D eigenvalue weighted by molar-refractivity contribution is 5.70. The fourth-order valence-corrected chi connectivity index (χ4v) is 5.43. The van der Waals surface area contributed by atoms with Crippen LogP contribution in [-0.2, 0) is 6.42 Å². The zero-order valence-corrected chi connectivity index (χ0v) is 21.3. The van der Waals surface area contributed by atoms with Gasteiger partial charge in [0.2, 0.25) is 0 Å². The lowest BCUT2D eigenvalue weighted by Crippen LogP contribution is -2.16. The van der Waals surface area contributed by atoms with E-state index in [1.165, 1.54) is 55.7 Å². The molecule has 0 saturated heterocycles. The Bertz CT molecular complexity index is 1060. The molecule has 1 nitrogen and oxygen atoms in total. The first-order chi connectivity index (χ1) is 17.1. The Morgan fingerprint density at radius 3 is 2.29 bits per heavy atom. The van der Waals surface area contributed by atoms with Crippen LogP contribution in [0.5, 0.6) is 5.75 Å². The minimum atomic E-state index is -0.256. The lowest BCUT2D eigenvalue weighted by atomic mass is 9.76. The Labute approximate surface area is 211 Å². The lowest BCUT2D eigenvalue weighted by molar-refractivity contribution is 0.245. The maximum Gasteiger partial charge on any atom is 0.134 e. The zero-order chi connectivity index (χ0) is 24.5. The van der Waals surface area contributed by atoms with Gasteiger partial charge in [-0.05, 0) is 72.8 Å². The second-order valence-corrected chi connectivity index (χ2v) is 10.2. The van der Waals surface area contributed by atoms with Crippen molar-refractivity contribution in [3.8, 4) is 5.75 Å². The van der Waals surface area contributed by atoms with Crippen LogP contribution in [0, 0.1) is 17.7 Å². The van der Waals surface area contributed by atoms with Gasteiger partial charge in [0.15, 0.2) is 0 Å². The third kappa shape index (κ3) is 7.56. The third-order valence-corrected chi connectivity index (χ3v) is 7.58. The SMILES string of the molecule is CCOc1ccc(/C=C/c2ccc(CCC3CCC(CC(C)c4ccccc4)CC3)cc2)c(F)c1. The number of rotatable bonds is 10. The van der Waals surface area contributed by atoms with Crippen LogP contribution in [0.2, 0.25) is 0 Å². The van der Waals surface area contributed by atoms with Gasteiger partial charge in [-0.1, -0.05) is 99.4 Å². The predicted octanol–water partition coefficient (Wildman–Crippen LogP) is 9.33. The molecule has 4 rings (SSSR count). The van der Waals surface area contributed by atoms with Crippen molar-refractivity contribution in [1.29, 1.82) is 0 Å². The standard InChI is InChI=1S/C33H39FO/c1-3-35-32-22-21-31(33(34)24-32)20-19-28-13-11-26(12-14-28)9-10-27-15-17-29(18-16-27)23-25(2)30-7-5-4-6-8-30/h4-8,11-14,19-22,24-25,27,29H,3,9-10,15-18,23H2,1-2H3/b20-19+. The monoisotopic (exact) mass is 470 g/mol. The molecule has 1 unspecified atom stereocenters. The molecule has 0 aromatic heterocycles. The van der Waals surface area contributed by atoms with E-state index in [9.17, 15) is 4.39 Å². The molecule has 1 atom stereocenters. The summed E-state index contributed by atoms with van der Waals surface area (Å²) in [4.78, 5) is 0. The predicted molar refractivity (Wildman–Crippen MR) is 146 cm³/mol. The summed E-state index contributed by atoms with van der Waals surface area (Å²) in [7, 11) is 0. The molecule has 35 heavy (non-hydrogen) atoms. The van der Waals surface area contributed by atoms with Crippen LogP contribution in [0.25, 0.3) is 12.2 Å². The molecule has 0 spiro atoms. The first-order valence-electron chi connectivity index (χ1n) is 13.3. The van der Waals surface area contributed by atoms with Gasteiger partial charge in [0, 0.05) is 11.6 Å². The van der Waals surface area contributed by atoms with Gasteiger partial charge < -0.3 is 4.74 Å².